The van der Waals surface area contributed by atoms with E-state index in [9.17, 15) is 33.2 Å². The summed E-state index contributed by atoms with van der Waals surface area (Å²) in [5, 5.41) is 24.1. The molecule has 0 radical (unpaired) electrons. The van der Waals surface area contributed by atoms with Gasteiger partial charge < -0.3 is 10.4 Å². The van der Waals surface area contributed by atoms with Crippen molar-refractivity contribution in [3.63, 3.8) is 0 Å². The third-order valence-corrected chi connectivity index (χ3v) is 10.5. The minimum Gasteiger partial charge on any atom is -0.480 e. The second kappa shape index (κ2) is 10.9. The number of fused-ring (bicyclic) bond motifs is 2. The fraction of sp³-hybridized carbons (Fsp3) is 0.367. The molecule has 0 aliphatic heterocycles. The van der Waals surface area contributed by atoms with Crippen molar-refractivity contribution in [3.05, 3.63) is 82.5 Å². The minimum absolute atomic E-state index is 0.0471. The Morgan fingerprint density at radius 3 is 2.50 bits per heavy atom. The summed E-state index contributed by atoms with van der Waals surface area (Å²) < 4.78 is 28.7. The number of carbonyl (C=O) groups is 2. The van der Waals surface area contributed by atoms with E-state index >= 15 is 0 Å². The van der Waals surface area contributed by atoms with Gasteiger partial charge in [-0.1, -0.05) is 50.2 Å². The van der Waals surface area contributed by atoms with Gasteiger partial charge in [0, 0.05) is 29.8 Å². The summed E-state index contributed by atoms with van der Waals surface area (Å²) in [5.41, 5.74) is 1.23. The Kier molecular flexibility index (Phi) is 7.62. The summed E-state index contributed by atoms with van der Waals surface area (Å²) in [5.74, 6) is -1.49. The topological polar surface area (TPSA) is 169 Å². The van der Waals surface area contributed by atoms with Gasteiger partial charge in [0.15, 0.2) is 0 Å². The summed E-state index contributed by atoms with van der Waals surface area (Å²) in [6.07, 6.45) is 3.05. The van der Waals surface area contributed by atoms with Crippen molar-refractivity contribution in [3.8, 4) is 11.1 Å². The van der Waals surface area contributed by atoms with E-state index in [4.69, 9.17) is 0 Å². The highest BCUT2D eigenvalue weighted by Crippen LogP contribution is 2.64. The summed E-state index contributed by atoms with van der Waals surface area (Å²) in [6, 6.07) is 15.7. The number of carbonyl (C=O) groups excluding carboxylic acids is 1. The second-order valence-corrected chi connectivity index (χ2v) is 13.4. The largest absolute Gasteiger partial charge is 0.480 e. The summed E-state index contributed by atoms with van der Waals surface area (Å²) in [7, 11) is -4.07. The molecule has 12 heteroatoms. The molecule has 0 spiro atoms. The SMILES string of the molecule is CC1(C)C2CCC1(CS(=O)(=O)NC(Cc1ccc(-c3cccc(Nc4ncccc4[N+](=O)[O-])c3)cc1)C(=O)O)C(=O)C2. The molecule has 2 bridgehead atoms. The van der Waals surface area contributed by atoms with Gasteiger partial charge in [0.1, 0.15) is 11.8 Å². The molecule has 2 aliphatic rings. The number of aromatic nitrogens is 1. The van der Waals surface area contributed by atoms with Crippen molar-refractivity contribution in [2.45, 2.75) is 45.6 Å². The van der Waals surface area contributed by atoms with Gasteiger partial charge in [-0.25, -0.2) is 18.1 Å². The molecular formula is C30H32N4O7S. The number of carboxylic acid groups (broad SMARTS) is 1. The number of nitrogens with zero attached hydrogens (tertiary/aromatic N) is 2. The number of aliphatic carboxylic acids is 1. The maximum absolute atomic E-state index is 13.2. The van der Waals surface area contributed by atoms with Crippen LogP contribution < -0.4 is 10.0 Å². The molecule has 220 valence electrons. The number of hydrogen-bond acceptors (Lipinski definition) is 8. The number of Topliss-reactive ketones (excluding diaryl/α,β-unsaturated/α-hetero) is 1. The first-order chi connectivity index (χ1) is 19.8. The molecule has 5 rings (SSSR count). The fourth-order valence-electron chi connectivity index (χ4n) is 6.49. The summed E-state index contributed by atoms with van der Waals surface area (Å²) in [4.78, 5) is 39.7. The molecule has 0 amide bonds. The normalized spacial score (nSPS) is 21.7. The number of sulfonamides is 1. The first kappa shape index (κ1) is 29.3. The molecule has 0 saturated heterocycles. The molecule has 3 unspecified atom stereocenters. The van der Waals surface area contributed by atoms with E-state index in [0.717, 1.165) is 17.5 Å². The lowest BCUT2D eigenvalue weighted by Crippen LogP contribution is -2.49. The van der Waals surface area contributed by atoms with Gasteiger partial charge in [0.05, 0.1) is 10.7 Å². The quantitative estimate of drug-likeness (QED) is 0.211. The van der Waals surface area contributed by atoms with Crippen LogP contribution in [0.25, 0.3) is 11.1 Å². The van der Waals surface area contributed by atoms with Crippen LogP contribution >= 0.6 is 0 Å². The average molecular weight is 593 g/mol. The van der Waals surface area contributed by atoms with E-state index in [0.29, 0.717) is 24.1 Å². The Labute approximate surface area is 243 Å². The monoisotopic (exact) mass is 592 g/mol. The summed E-state index contributed by atoms with van der Waals surface area (Å²) in [6.45, 7) is 3.88. The van der Waals surface area contributed by atoms with Gasteiger partial charge in [-0.3, -0.25) is 19.7 Å². The molecule has 11 nitrogen and oxygen atoms in total. The van der Waals surface area contributed by atoms with Gasteiger partial charge >= 0.3 is 11.7 Å². The number of nitrogens with one attached hydrogen (secondary N) is 2. The van der Waals surface area contributed by atoms with Gasteiger partial charge in [-0.05, 0) is 65.5 Å². The zero-order valence-corrected chi connectivity index (χ0v) is 24.1. The Balaban J connectivity index is 1.28. The van der Waals surface area contributed by atoms with E-state index in [1.807, 2.05) is 19.9 Å². The molecule has 2 aromatic carbocycles. The van der Waals surface area contributed by atoms with E-state index in [1.54, 1.807) is 42.5 Å². The number of ketones is 1. The van der Waals surface area contributed by atoms with Crippen molar-refractivity contribution >= 4 is 39.0 Å². The molecular weight excluding hydrogens is 560 g/mol. The highest BCUT2D eigenvalue weighted by atomic mass is 32.2. The van der Waals surface area contributed by atoms with Crippen LogP contribution in [0.4, 0.5) is 17.2 Å². The molecule has 2 fully saturated rings. The number of anilines is 2. The van der Waals surface area contributed by atoms with Crippen molar-refractivity contribution < 1.29 is 28.0 Å². The fourth-order valence-corrected chi connectivity index (χ4v) is 8.52. The van der Waals surface area contributed by atoms with Crippen LogP contribution in [-0.4, -0.2) is 47.0 Å². The molecule has 3 N–H and O–H groups in total. The Morgan fingerprint density at radius 1 is 1.14 bits per heavy atom. The van der Waals surface area contributed by atoms with Crippen LogP contribution in [0.3, 0.4) is 0 Å². The lowest BCUT2D eigenvalue weighted by molar-refractivity contribution is -0.384. The van der Waals surface area contributed by atoms with E-state index < -0.39 is 43.5 Å². The van der Waals surface area contributed by atoms with Crippen molar-refractivity contribution in [1.29, 1.82) is 0 Å². The van der Waals surface area contributed by atoms with Crippen LogP contribution in [0.1, 0.15) is 38.7 Å². The van der Waals surface area contributed by atoms with Gasteiger partial charge in [0.25, 0.3) is 0 Å². The van der Waals surface area contributed by atoms with Crippen LogP contribution in [0, 0.1) is 26.9 Å². The van der Waals surface area contributed by atoms with Crippen LogP contribution in [0.5, 0.6) is 0 Å². The zero-order valence-electron chi connectivity index (χ0n) is 23.2. The van der Waals surface area contributed by atoms with E-state index in [1.165, 1.54) is 18.3 Å². The highest BCUT2D eigenvalue weighted by Gasteiger charge is 2.65. The molecule has 3 atom stereocenters. The molecule has 2 aliphatic carbocycles. The Hall–Kier alpha value is -4.16. The minimum atomic E-state index is -4.07. The number of pyridine rings is 1. The molecule has 3 aromatic rings. The van der Waals surface area contributed by atoms with E-state index in [2.05, 4.69) is 15.0 Å². The Bertz CT molecular complexity index is 1660. The first-order valence-electron chi connectivity index (χ1n) is 13.6. The third kappa shape index (κ3) is 5.51. The molecule has 42 heavy (non-hydrogen) atoms. The predicted molar refractivity (Wildman–Crippen MR) is 157 cm³/mol. The van der Waals surface area contributed by atoms with Gasteiger partial charge in [0.2, 0.25) is 15.8 Å². The Morgan fingerprint density at radius 2 is 1.88 bits per heavy atom. The van der Waals surface area contributed by atoms with Crippen LogP contribution in [0.2, 0.25) is 0 Å². The smallest absolute Gasteiger partial charge is 0.322 e. The lowest BCUT2D eigenvalue weighted by Gasteiger charge is -2.36. The third-order valence-electron chi connectivity index (χ3n) is 9.03. The number of benzene rings is 2. The van der Waals surface area contributed by atoms with Gasteiger partial charge in [-0.15, -0.1) is 0 Å². The lowest BCUT2D eigenvalue weighted by atomic mass is 9.70. The molecule has 2 saturated carbocycles. The first-order valence-corrected chi connectivity index (χ1v) is 15.3. The second-order valence-electron chi connectivity index (χ2n) is 11.7. The average Bonchev–Trinajstić information content (AvgIpc) is 3.27. The predicted octanol–water partition coefficient (Wildman–Crippen LogP) is 4.71. The molecule has 1 aromatic heterocycles. The maximum Gasteiger partial charge on any atom is 0.322 e. The molecule has 1 heterocycles. The number of carboxylic acids is 1. The highest BCUT2D eigenvalue weighted by molar-refractivity contribution is 7.89. The standard InChI is InChI=1S/C30H32N4O7S/c1-29(2)22-12-13-30(29,26(35)17-22)18-42(40,41)33-24(28(36)37)15-19-8-10-20(11-9-19)21-5-3-6-23(16-21)32-27-25(34(38)39)7-4-14-31-27/h3-11,14,16,22,24,33H,12-13,15,17-18H2,1-2H3,(H,31,32)(H,36,37). The number of rotatable bonds is 11. The van der Waals surface area contributed by atoms with Crippen molar-refractivity contribution in [2.75, 3.05) is 11.1 Å². The summed E-state index contributed by atoms with van der Waals surface area (Å²) >= 11 is 0. The van der Waals surface area contributed by atoms with E-state index in [-0.39, 0.29) is 29.6 Å². The van der Waals surface area contributed by atoms with Crippen LogP contribution in [0.15, 0.2) is 66.9 Å². The van der Waals surface area contributed by atoms with Gasteiger partial charge in [-0.2, -0.15) is 0 Å². The van der Waals surface area contributed by atoms with Crippen molar-refractivity contribution in [1.82, 2.24) is 9.71 Å². The number of hydrogen-bond donors (Lipinski definition) is 3. The zero-order chi connectivity index (χ0) is 30.3. The number of nitro groups is 1. The van der Waals surface area contributed by atoms with Crippen LogP contribution in [-0.2, 0) is 26.0 Å². The maximum atomic E-state index is 13.2. The van der Waals surface area contributed by atoms with Crippen molar-refractivity contribution in [2.24, 2.45) is 16.7 Å².